The van der Waals surface area contributed by atoms with Gasteiger partial charge in [-0.1, -0.05) is 6.07 Å². The predicted octanol–water partition coefficient (Wildman–Crippen LogP) is 2.28. The number of carbonyl (C=O) groups is 1. The molecule has 1 spiro atoms. The number of aromatic nitrogens is 4. The second kappa shape index (κ2) is 7.48. The molecule has 0 aromatic carbocycles. The van der Waals surface area contributed by atoms with Crippen LogP contribution < -0.4 is 5.56 Å². The molecule has 0 radical (unpaired) electrons. The maximum Gasteiger partial charge on any atom is 0.254 e. The highest BCUT2D eigenvalue weighted by Gasteiger charge is 2.45. The van der Waals surface area contributed by atoms with Gasteiger partial charge in [-0.15, -0.1) is 0 Å². The molecule has 152 valence electrons. The van der Waals surface area contributed by atoms with Gasteiger partial charge in [-0.3, -0.25) is 19.6 Å². The molecule has 2 aliphatic rings. The molecule has 1 fully saturated rings. The summed E-state index contributed by atoms with van der Waals surface area (Å²) in [5, 5.41) is 0. The Bertz CT molecular complexity index is 1130. The van der Waals surface area contributed by atoms with Crippen molar-refractivity contribution in [2.24, 2.45) is 0 Å². The molecule has 1 atom stereocenters. The topological polar surface area (TPSA) is 91.8 Å². The smallest absolute Gasteiger partial charge is 0.254 e. The van der Waals surface area contributed by atoms with Gasteiger partial charge in [0, 0.05) is 54.4 Å². The Morgan fingerprint density at radius 2 is 1.97 bits per heavy atom. The maximum absolute atomic E-state index is 13.0. The number of nitrogens with zero attached hydrogens (tertiary/aromatic N) is 4. The lowest BCUT2D eigenvalue weighted by Gasteiger charge is -2.40. The van der Waals surface area contributed by atoms with Crippen LogP contribution in [0.4, 0.5) is 0 Å². The fraction of sp³-hybridized carbons (Fsp3) is 0.348. The molecule has 4 heterocycles. The molecular formula is C23H23N5O2. The highest BCUT2D eigenvalue weighted by atomic mass is 16.2. The van der Waals surface area contributed by atoms with Gasteiger partial charge in [-0.2, -0.15) is 0 Å². The minimum absolute atomic E-state index is 0.0745. The zero-order valence-corrected chi connectivity index (χ0v) is 16.7. The molecule has 0 saturated carbocycles. The van der Waals surface area contributed by atoms with Gasteiger partial charge >= 0.3 is 0 Å². The van der Waals surface area contributed by atoms with Gasteiger partial charge in [-0.05, 0) is 49.4 Å². The first-order chi connectivity index (χ1) is 14.6. The molecule has 3 aromatic rings. The molecule has 1 N–H and O–H groups in total. The number of amides is 1. The van der Waals surface area contributed by atoms with Crippen molar-refractivity contribution in [3.8, 4) is 11.4 Å². The molecule has 30 heavy (non-hydrogen) atoms. The van der Waals surface area contributed by atoms with Crippen LogP contribution in [0, 0.1) is 0 Å². The van der Waals surface area contributed by atoms with Gasteiger partial charge in [0.15, 0.2) is 0 Å². The van der Waals surface area contributed by atoms with Crippen LogP contribution in [0.3, 0.4) is 0 Å². The summed E-state index contributed by atoms with van der Waals surface area (Å²) in [5.41, 5.74) is 3.02. The normalized spacial score (nSPS) is 20.3. The zero-order valence-electron chi connectivity index (χ0n) is 16.7. The number of pyridine rings is 2. The first-order valence-electron chi connectivity index (χ1n) is 10.4. The van der Waals surface area contributed by atoms with Gasteiger partial charge in [-0.25, -0.2) is 4.98 Å². The molecule has 3 aromatic heterocycles. The van der Waals surface area contributed by atoms with E-state index >= 15 is 0 Å². The fourth-order valence-corrected chi connectivity index (χ4v) is 4.82. The third-order valence-corrected chi connectivity index (χ3v) is 6.31. The number of nitrogens with one attached hydrogen (secondary N) is 1. The molecular weight excluding hydrogens is 378 g/mol. The average molecular weight is 401 g/mol. The summed E-state index contributed by atoms with van der Waals surface area (Å²) in [6, 6.07) is 7.50. The van der Waals surface area contributed by atoms with Crippen LogP contribution in [0.1, 0.15) is 36.1 Å². The van der Waals surface area contributed by atoms with Crippen LogP contribution in [0.2, 0.25) is 0 Å². The van der Waals surface area contributed by atoms with Crippen molar-refractivity contribution in [3.63, 3.8) is 0 Å². The van der Waals surface area contributed by atoms with E-state index in [9.17, 15) is 9.59 Å². The average Bonchev–Trinajstić information content (AvgIpc) is 3.13. The van der Waals surface area contributed by atoms with E-state index in [4.69, 9.17) is 4.98 Å². The third-order valence-electron chi connectivity index (χ3n) is 6.31. The van der Waals surface area contributed by atoms with Crippen molar-refractivity contribution >= 4 is 5.91 Å². The van der Waals surface area contributed by atoms with Crippen molar-refractivity contribution in [1.29, 1.82) is 0 Å². The Kier molecular flexibility index (Phi) is 4.65. The summed E-state index contributed by atoms with van der Waals surface area (Å²) >= 11 is 0. The summed E-state index contributed by atoms with van der Waals surface area (Å²) in [4.78, 5) is 43.8. The number of hydrogen-bond donors (Lipinski definition) is 1. The predicted molar refractivity (Wildman–Crippen MR) is 112 cm³/mol. The lowest BCUT2D eigenvalue weighted by molar-refractivity contribution is -0.132. The second-order valence-electron chi connectivity index (χ2n) is 8.22. The molecule has 1 aliphatic heterocycles. The van der Waals surface area contributed by atoms with E-state index in [2.05, 4.69) is 15.0 Å². The van der Waals surface area contributed by atoms with E-state index < -0.39 is 0 Å². The van der Waals surface area contributed by atoms with E-state index in [0.29, 0.717) is 25.2 Å². The highest BCUT2D eigenvalue weighted by Crippen LogP contribution is 2.43. The summed E-state index contributed by atoms with van der Waals surface area (Å²) in [7, 11) is 0. The van der Waals surface area contributed by atoms with Gasteiger partial charge in [0.1, 0.15) is 5.82 Å². The molecule has 7 heteroatoms. The molecule has 1 amide bonds. The number of likely N-dealkylation sites (tertiary alicyclic amines) is 1. The van der Waals surface area contributed by atoms with E-state index in [0.717, 1.165) is 48.2 Å². The number of piperidine rings is 1. The first-order valence-corrected chi connectivity index (χ1v) is 10.4. The Balaban J connectivity index is 1.45. The lowest BCUT2D eigenvalue weighted by atomic mass is 9.77. The molecule has 1 unspecified atom stereocenters. The number of rotatable bonds is 3. The minimum Gasteiger partial charge on any atom is -0.341 e. The first kappa shape index (κ1) is 18.7. The molecule has 7 nitrogen and oxygen atoms in total. The Labute approximate surface area is 174 Å². The van der Waals surface area contributed by atoms with E-state index in [1.54, 1.807) is 24.8 Å². The van der Waals surface area contributed by atoms with E-state index in [-0.39, 0.29) is 16.9 Å². The van der Waals surface area contributed by atoms with E-state index in [1.165, 1.54) is 0 Å². The summed E-state index contributed by atoms with van der Waals surface area (Å²) in [5.74, 6) is 0.653. The molecule has 0 bridgehead atoms. The quantitative estimate of drug-likeness (QED) is 0.727. The monoisotopic (exact) mass is 401 g/mol. The minimum atomic E-state index is -0.247. The summed E-state index contributed by atoms with van der Waals surface area (Å²) in [6.07, 6.45) is 10.6. The zero-order chi connectivity index (χ0) is 20.6. The second-order valence-corrected chi connectivity index (χ2v) is 8.22. The van der Waals surface area contributed by atoms with Crippen LogP contribution in [0.15, 0.2) is 53.8 Å². The van der Waals surface area contributed by atoms with Crippen LogP contribution in [0.25, 0.3) is 11.4 Å². The highest BCUT2D eigenvalue weighted by molar-refractivity contribution is 5.79. The van der Waals surface area contributed by atoms with Crippen LogP contribution >= 0.6 is 0 Å². The van der Waals surface area contributed by atoms with Gasteiger partial charge in [0.25, 0.3) is 5.56 Å². The standard InChI is InChI=1S/C23H23N5O2/c29-19(12-16-4-1-9-24-13-16)28-11-3-7-23(15-28)8-6-18-20(23)26-21(27-22(18)30)17-5-2-10-25-14-17/h1-2,4-5,9-10,13-14H,3,6-8,11-12,15H2,(H,26,27,30). The molecule has 5 rings (SSSR count). The molecule has 1 saturated heterocycles. The Hall–Kier alpha value is -3.35. The fourth-order valence-electron chi connectivity index (χ4n) is 4.82. The van der Waals surface area contributed by atoms with Crippen molar-refractivity contribution in [1.82, 2.24) is 24.8 Å². The van der Waals surface area contributed by atoms with Gasteiger partial charge in [0.2, 0.25) is 5.91 Å². The van der Waals surface area contributed by atoms with Crippen LogP contribution in [-0.2, 0) is 23.1 Å². The summed E-state index contributed by atoms with van der Waals surface area (Å²) in [6.45, 7) is 1.36. The number of carbonyl (C=O) groups excluding carboxylic acids is 1. The van der Waals surface area contributed by atoms with Crippen molar-refractivity contribution in [3.05, 3.63) is 76.2 Å². The van der Waals surface area contributed by atoms with Crippen LogP contribution in [0.5, 0.6) is 0 Å². The summed E-state index contributed by atoms with van der Waals surface area (Å²) < 4.78 is 0. The van der Waals surface area contributed by atoms with Crippen molar-refractivity contribution in [2.75, 3.05) is 13.1 Å². The SMILES string of the molecule is O=C(Cc1cccnc1)N1CCCC2(CCc3c2nc(-c2cccnc2)[nH]c3=O)C1. The van der Waals surface area contributed by atoms with Crippen molar-refractivity contribution < 1.29 is 4.79 Å². The van der Waals surface area contributed by atoms with Crippen LogP contribution in [-0.4, -0.2) is 43.8 Å². The molecule has 1 aliphatic carbocycles. The largest absolute Gasteiger partial charge is 0.341 e. The van der Waals surface area contributed by atoms with Crippen molar-refractivity contribution in [2.45, 2.75) is 37.5 Å². The Morgan fingerprint density at radius 1 is 1.13 bits per heavy atom. The maximum atomic E-state index is 13.0. The number of H-pyrrole nitrogens is 1. The number of aromatic amines is 1. The lowest BCUT2D eigenvalue weighted by Crippen LogP contribution is -2.48. The van der Waals surface area contributed by atoms with E-state index in [1.807, 2.05) is 29.2 Å². The van der Waals surface area contributed by atoms with Gasteiger partial charge in [0.05, 0.1) is 12.1 Å². The van der Waals surface area contributed by atoms with Gasteiger partial charge < -0.3 is 9.88 Å². The third kappa shape index (κ3) is 3.30. The number of fused-ring (bicyclic) bond motifs is 2. The number of hydrogen-bond acceptors (Lipinski definition) is 5. The Morgan fingerprint density at radius 3 is 2.73 bits per heavy atom.